The maximum atomic E-state index is 13.4. The molecule has 4 atom stereocenters. The van der Waals surface area contributed by atoms with Gasteiger partial charge in [0, 0.05) is 24.7 Å². The molecule has 0 saturated carbocycles. The molecule has 10 heteroatoms. The SMILES string of the molecule is CC(C)N(NC(=O)c1ccc2ccccc2c1)C(=O)C1CNCC1C(=O)NC1CC(=O)OC1O. The van der Waals surface area contributed by atoms with Crippen molar-refractivity contribution in [1.82, 2.24) is 21.1 Å². The molecule has 0 aliphatic carbocycles. The highest BCUT2D eigenvalue weighted by Crippen LogP contribution is 2.22. The minimum atomic E-state index is -1.41. The van der Waals surface area contributed by atoms with E-state index >= 15 is 0 Å². The molecule has 0 aromatic heterocycles. The lowest BCUT2D eigenvalue weighted by Crippen LogP contribution is -2.54. The summed E-state index contributed by atoms with van der Waals surface area (Å²) in [5, 5.41) is 18.6. The van der Waals surface area contributed by atoms with Crippen molar-refractivity contribution < 1.29 is 29.0 Å². The van der Waals surface area contributed by atoms with Crippen LogP contribution in [0.25, 0.3) is 10.8 Å². The zero-order valence-electron chi connectivity index (χ0n) is 19.0. The van der Waals surface area contributed by atoms with E-state index in [1.165, 1.54) is 5.01 Å². The van der Waals surface area contributed by atoms with Gasteiger partial charge in [-0.05, 0) is 36.8 Å². The number of nitrogens with zero attached hydrogens (tertiary/aromatic N) is 1. The van der Waals surface area contributed by atoms with Crippen LogP contribution < -0.4 is 16.1 Å². The van der Waals surface area contributed by atoms with Crippen LogP contribution in [0.15, 0.2) is 42.5 Å². The number of fused-ring (bicyclic) bond motifs is 1. The lowest BCUT2D eigenvalue weighted by molar-refractivity contribution is -0.155. The number of carbonyl (C=O) groups excluding carboxylic acids is 4. The fraction of sp³-hybridized carbons (Fsp3) is 0.417. The van der Waals surface area contributed by atoms with Gasteiger partial charge in [0.25, 0.3) is 5.91 Å². The van der Waals surface area contributed by atoms with Crippen LogP contribution in [-0.4, -0.2) is 65.3 Å². The van der Waals surface area contributed by atoms with E-state index in [1.807, 2.05) is 30.3 Å². The van der Waals surface area contributed by atoms with Gasteiger partial charge in [-0.2, -0.15) is 0 Å². The first-order valence-electron chi connectivity index (χ1n) is 11.3. The second-order valence-electron chi connectivity index (χ2n) is 8.88. The molecule has 2 aliphatic rings. The zero-order valence-corrected chi connectivity index (χ0v) is 19.0. The fourth-order valence-electron chi connectivity index (χ4n) is 4.29. The molecule has 0 radical (unpaired) electrons. The Hall–Kier alpha value is -3.50. The summed E-state index contributed by atoms with van der Waals surface area (Å²) in [6.07, 6.45) is -1.54. The number of benzene rings is 2. The van der Waals surface area contributed by atoms with Crippen molar-refractivity contribution in [3.05, 3.63) is 48.0 Å². The molecule has 2 aromatic carbocycles. The monoisotopic (exact) mass is 468 g/mol. The van der Waals surface area contributed by atoms with Crippen LogP contribution >= 0.6 is 0 Å². The Kier molecular flexibility index (Phi) is 6.80. The van der Waals surface area contributed by atoms with Crippen molar-refractivity contribution in [2.24, 2.45) is 11.8 Å². The number of ether oxygens (including phenoxy) is 1. The van der Waals surface area contributed by atoms with Crippen molar-refractivity contribution in [2.75, 3.05) is 13.1 Å². The summed E-state index contributed by atoms with van der Waals surface area (Å²) >= 11 is 0. The maximum Gasteiger partial charge on any atom is 0.310 e. The van der Waals surface area contributed by atoms with Crippen molar-refractivity contribution in [3.8, 4) is 0 Å². The number of hydrazine groups is 1. The topological polar surface area (TPSA) is 137 Å². The van der Waals surface area contributed by atoms with Gasteiger partial charge in [0.1, 0.15) is 6.04 Å². The highest BCUT2D eigenvalue weighted by atomic mass is 16.6. The number of aliphatic hydroxyl groups is 1. The van der Waals surface area contributed by atoms with Gasteiger partial charge < -0.3 is 20.5 Å². The minimum Gasteiger partial charge on any atom is -0.434 e. The van der Waals surface area contributed by atoms with Gasteiger partial charge in [-0.25, -0.2) is 0 Å². The van der Waals surface area contributed by atoms with E-state index in [1.54, 1.807) is 26.0 Å². The molecule has 4 N–H and O–H groups in total. The Morgan fingerprint density at radius 1 is 1.09 bits per heavy atom. The largest absolute Gasteiger partial charge is 0.434 e. The van der Waals surface area contributed by atoms with E-state index in [0.717, 1.165) is 10.8 Å². The average Bonchev–Trinajstić information content (AvgIpc) is 3.42. The molecule has 3 amide bonds. The molecule has 0 spiro atoms. The summed E-state index contributed by atoms with van der Waals surface area (Å²) in [5.41, 5.74) is 3.11. The Balaban J connectivity index is 1.46. The molecular formula is C24H28N4O6. The second kappa shape index (κ2) is 9.78. The van der Waals surface area contributed by atoms with E-state index in [9.17, 15) is 24.3 Å². The number of nitrogens with one attached hydrogen (secondary N) is 3. The fourth-order valence-corrected chi connectivity index (χ4v) is 4.29. The first-order chi connectivity index (χ1) is 16.2. The lowest BCUT2D eigenvalue weighted by Gasteiger charge is -2.31. The van der Waals surface area contributed by atoms with Gasteiger partial charge in [0.15, 0.2) is 0 Å². The quantitative estimate of drug-likeness (QED) is 0.366. The van der Waals surface area contributed by atoms with Gasteiger partial charge in [-0.3, -0.25) is 29.6 Å². The predicted molar refractivity (Wildman–Crippen MR) is 122 cm³/mol. The van der Waals surface area contributed by atoms with Crippen LogP contribution in [0.4, 0.5) is 0 Å². The third kappa shape index (κ3) is 4.87. The van der Waals surface area contributed by atoms with Crippen LogP contribution in [0.3, 0.4) is 0 Å². The third-order valence-corrected chi connectivity index (χ3v) is 6.17. The van der Waals surface area contributed by atoms with Crippen LogP contribution in [0, 0.1) is 11.8 Å². The van der Waals surface area contributed by atoms with E-state index in [0.29, 0.717) is 5.56 Å². The average molecular weight is 469 g/mol. The molecular weight excluding hydrogens is 440 g/mol. The standard InChI is InChI=1S/C24H28N4O6/c1-13(2)28(27-21(30)16-8-7-14-5-3-4-6-15(14)9-16)23(32)18-12-25-11-17(18)22(31)26-19-10-20(29)34-24(19)33/h3-9,13,17-19,24-25,33H,10-12H2,1-2H3,(H,26,31)(H,27,30). The highest BCUT2D eigenvalue weighted by molar-refractivity contribution is 5.99. The van der Waals surface area contributed by atoms with Gasteiger partial charge in [-0.15, -0.1) is 0 Å². The minimum absolute atomic E-state index is 0.133. The number of carbonyl (C=O) groups is 4. The van der Waals surface area contributed by atoms with Gasteiger partial charge in [0.05, 0.1) is 18.3 Å². The van der Waals surface area contributed by atoms with Crippen molar-refractivity contribution in [2.45, 2.75) is 38.6 Å². The normalized spacial score (nSPS) is 24.2. The molecule has 10 nitrogen and oxygen atoms in total. The molecule has 180 valence electrons. The van der Waals surface area contributed by atoms with Crippen molar-refractivity contribution >= 4 is 34.5 Å². The Morgan fingerprint density at radius 3 is 2.47 bits per heavy atom. The Labute approximate surface area is 196 Å². The molecule has 4 unspecified atom stereocenters. The molecule has 2 aliphatic heterocycles. The molecule has 2 heterocycles. The summed E-state index contributed by atoms with van der Waals surface area (Å²) in [5.74, 6) is -3.34. The zero-order chi connectivity index (χ0) is 24.4. The van der Waals surface area contributed by atoms with Gasteiger partial charge in [0.2, 0.25) is 18.1 Å². The van der Waals surface area contributed by atoms with Crippen molar-refractivity contribution in [3.63, 3.8) is 0 Å². The van der Waals surface area contributed by atoms with Crippen LogP contribution in [0.2, 0.25) is 0 Å². The highest BCUT2D eigenvalue weighted by Gasteiger charge is 2.43. The molecule has 2 aromatic rings. The van der Waals surface area contributed by atoms with E-state index in [-0.39, 0.29) is 25.6 Å². The smallest absolute Gasteiger partial charge is 0.310 e. The van der Waals surface area contributed by atoms with Crippen molar-refractivity contribution in [1.29, 1.82) is 0 Å². The number of cyclic esters (lactones) is 1. The number of rotatable bonds is 5. The molecule has 4 rings (SSSR count). The molecule has 2 fully saturated rings. The summed E-state index contributed by atoms with van der Waals surface area (Å²) in [4.78, 5) is 50.5. The first kappa shape index (κ1) is 23.7. The van der Waals surface area contributed by atoms with E-state index in [4.69, 9.17) is 0 Å². The number of amides is 3. The second-order valence-corrected chi connectivity index (χ2v) is 8.88. The predicted octanol–water partition coefficient (Wildman–Crippen LogP) is 0.307. The summed E-state index contributed by atoms with van der Waals surface area (Å²) < 4.78 is 4.66. The van der Waals surface area contributed by atoms with Gasteiger partial charge in [-0.1, -0.05) is 30.3 Å². The van der Waals surface area contributed by atoms with Crippen LogP contribution in [-0.2, 0) is 19.1 Å². The number of esters is 1. The molecule has 2 saturated heterocycles. The number of aliphatic hydroxyl groups excluding tert-OH is 1. The lowest BCUT2D eigenvalue weighted by atomic mass is 9.93. The van der Waals surface area contributed by atoms with Gasteiger partial charge >= 0.3 is 5.97 Å². The summed E-state index contributed by atoms with van der Waals surface area (Å²) in [6.45, 7) is 4.06. The van der Waals surface area contributed by atoms with Crippen LogP contribution in [0.1, 0.15) is 30.6 Å². The third-order valence-electron chi connectivity index (χ3n) is 6.17. The Morgan fingerprint density at radius 2 is 1.79 bits per heavy atom. The summed E-state index contributed by atoms with van der Waals surface area (Å²) in [6, 6.07) is 11.8. The van der Waals surface area contributed by atoms with E-state index in [2.05, 4.69) is 20.8 Å². The Bertz CT molecular complexity index is 1120. The number of hydrogen-bond acceptors (Lipinski definition) is 7. The first-order valence-corrected chi connectivity index (χ1v) is 11.3. The molecule has 34 heavy (non-hydrogen) atoms. The molecule has 0 bridgehead atoms. The summed E-state index contributed by atoms with van der Waals surface area (Å²) in [7, 11) is 0. The van der Waals surface area contributed by atoms with E-state index < -0.39 is 47.9 Å². The van der Waals surface area contributed by atoms with Crippen LogP contribution in [0.5, 0.6) is 0 Å². The maximum absolute atomic E-state index is 13.4. The number of hydrogen-bond donors (Lipinski definition) is 4.